The molecule has 0 aromatic heterocycles. The third kappa shape index (κ3) is 6.34. The molecule has 0 N–H and O–H groups in total. The average Bonchev–Trinajstić information content (AvgIpc) is 2.86. The van der Waals surface area contributed by atoms with Gasteiger partial charge in [0.25, 0.3) is 0 Å². The third-order valence-electron chi connectivity index (χ3n) is 7.76. The molecule has 2 heteroatoms. The molecule has 0 saturated heterocycles. The Balaban J connectivity index is 1.28. The number of benzene rings is 3. The summed E-state index contributed by atoms with van der Waals surface area (Å²) >= 11 is 0. The summed E-state index contributed by atoms with van der Waals surface area (Å²) in [6.45, 7) is 4.25. The van der Waals surface area contributed by atoms with Gasteiger partial charge in [0.15, 0.2) is 0 Å². The molecule has 34 heavy (non-hydrogen) atoms. The van der Waals surface area contributed by atoms with Gasteiger partial charge in [-0.3, -0.25) is 0 Å². The van der Waals surface area contributed by atoms with Crippen LogP contribution in [0.5, 0.6) is 0 Å². The highest BCUT2D eigenvalue weighted by atomic mass is 19.1. The predicted molar refractivity (Wildman–Crippen MR) is 138 cm³/mol. The molecule has 1 aliphatic rings. The first kappa shape index (κ1) is 24.6. The van der Waals surface area contributed by atoms with Crippen LogP contribution >= 0.6 is 0 Å². The molecular weight excluding hydrogens is 422 g/mol. The van der Waals surface area contributed by atoms with Crippen molar-refractivity contribution < 1.29 is 8.78 Å². The zero-order valence-electron chi connectivity index (χ0n) is 20.7. The minimum atomic E-state index is -0.395. The van der Waals surface area contributed by atoms with E-state index in [1.807, 2.05) is 37.3 Å². The molecule has 180 valence electrons. The van der Waals surface area contributed by atoms with E-state index in [0.29, 0.717) is 18.3 Å². The van der Waals surface area contributed by atoms with Gasteiger partial charge in [0, 0.05) is 5.56 Å². The van der Waals surface area contributed by atoms with E-state index in [0.717, 1.165) is 30.4 Å². The van der Waals surface area contributed by atoms with Crippen LogP contribution in [0.25, 0.3) is 0 Å². The van der Waals surface area contributed by atoms with Gasteiger partial charge in [0.05, 0.1) is 0 Å². The van der Waals surface area contributed by atoms with E-state index < -0.39 is 11.6 Å². The highest BCUT2D eigenvalue weighted by Gasteiger charge is 2.23. The van der Waals surface area contributed by atoms with Gasteiger partial charge in [-0.25, -0.2) is 8.78 Å². The first-order valence-corrected chi connectivity index (χ1v) is 13.1. The SMILES string of the molecule is CCCc1ccc(C2CCC(CCc3cc(F)c(C[C@H](C)c4ccccc4)c(F)c3)CC2)cc1. The summed E-state index contributed by atoms with van der Waals surface area (Å²) in [5.41, 5.74) is 5.02. The number of hydrogen-bond donors (Lipinski definition) is 0. The predicted octanol–water partition coefficient (Wildman–Crippen LogP) is 9.17. The molecule has 3 aromatic rings. The lowest BCUT2D eigenvalue weighted by molar-refractivity contribution is 0.310. The van der Waals surface area contributed by atoms with Gasteiger partial charge in [-0.1, -0.05) is 74.9 Å². The zero-order chi connectivity index (χ0) is 23.9. The Morgan fingerprint density at radius 2 is 1.44 bits per heavy atom. The monoisotopic (exact) mass is 460 g/mol. The van der Waals surface area contributed by atoms with Crippen LogP contribution < -0.4 is 0 Å². The second kappa shape index (κ2) is 11.8. The van der Waals surface area contributed by atoms with Crippen LogP contribution in [0.15, 0.2) is 66.7 Å². The molecule has 1 atom stereocenters. The van der Waals surface area contributed by atoms with Gasteiger partial charge in [0.1, 0.15) is 11.6 Å². The van der Waals surface area contributed by atoms with E-state index in [9.17, 15) is 8.78 Å². The lowest BCUT2D eigenvalue weighted by atomic mass is 9.76. The number of hydrogen-bond acceptors (Lipinski definition) is 0. The molecule has 0 heterocycles. The van der Waals surface area contributed by atoms with Gasteiger partial charge < -0.3 is 0 Å². The zero-order valence-corrected chi connectivity index (χ0v) is 20.7. The first-order valence-electron chi connectivity index (χ1n) is 13.1. The summed E-state index contributed by atoms with van der Waals surface area (Å²) in [4.78, 5) is 0. The Bertz CT molecular complexity index is 1010. The summed E-state index contributed by atoms with van der Waals surface area (Å²) in [5, 5.41) is 0. The molecule has 0 nitrogen and oxygen atoms in total. The van der Waals surface area contributed by atoms with Crippen molar-refractivity contribution in [3.05, 3.63) is 106 Å². The van der Waals surface area contributed by atoms with E-state index in [1.165, 1.54) is 43.2 Å². The fourth-order valence-electron chi connectivity index (χ4n) is 5.60. The Morgan fingerprint density at radius 3 is 2.06 bits per heavy atom. The largest absolute Gasteiger partial charge is 0.207 e. The molecule has 0 spiro atoms. The van der Waals surface area contributed by atoms with Crippen molar-refractivity contribution in [2.75, 3.05) is 0 Å². The van der Waals surface area contributed by atoms with Crippen molar-refractivity contribution in [3.63, 3.8) is 0 Å². The quantitative estimate of drug-likeness (QED) is 0.298. The maximum atomic E-state index is 14.8. The van der Waals surface area contributed by atoms with Crippen LogP contribution in [0.4, 0.5) is 8.78 Å². The molecule has 0 bridgehead atoms. The van der Waals surface area contributed by atoms with Crippen molar-refractivity contribution >= 4 is 0 Å². The third-order valence-corrected chi connectivity index (χ3v) is 7.76. The van der Waals surface area contributed by atoms with Gasteiger partial charge in [-0.15, -0.1) is 0 Å². The van der Waals surface area contributed by atoms with E-state index >= 15 is 0 Å². The van der Waals surface area contributed by atoms with Gasteiger partial charge in [-0.2, -0.15) is 0 Å². The maximum absolute atomic E-state index is 14.8. The number of rotatable bonds is 9. The molecular formula is C32H38F2. The standard InChI is InChI=1S/C32H38F2/c1-3-7-24-12-16-28(17-13-24)29-18-14-25(15-19-29)10-11-26-21-31(33)30(32(34)22-26)20-23(2)27-8-5-4-6-9-27/h4-6,8-9,12-13,16-17,21-23,25,29H,3,7,10-11,14-15,18-20H2,1-2H3/t23-,25?,29?/m0/s1. The number of aryl methyl sites for hydroxylation is 2. The van der Waals surface area contributed by atoms with E-state index in [-0.39, 0.29) is 11.5 Å². The van der Waals surface area contributed by atoms with Crippen LogP contribution in [-0.4, -0.2) is 0 Å². The molecule has 0 unspecified atom stereocenters. The summed E-state index contributed by atoms with van der Waals surface area (Å²) in [6, 6.07) is 22.3. The van der Waals surface area contributed by atoms with Gasteiger partial charge in [-0.05, 0) is 104 Å². The highest BCUT2D eigenvalue weighted by molar-refractivity contribution is 5.30. The van der Waals surface area contributed by atoms with E-state index in [1.54, 1.807) is 12.1 Å². The fraction of sp³-hybridized carbons (Fsp3) is 0.438. The summed E-state index contributed by atoms with van der Waals surface area (Å²) in [6.07, 6.45) is 9.34. The van der Waals surface area contributed by atoms with Crippen molar-refractivity contribution in [2.45, 2.75) is 83.5 Å². The normalized spacial score (nSPS) is 19.2. The smallest absolute Gasteiger partial charge is 0.129 e. The second-order valence-corrected chi connectivity index (χ2v) is 10.3. The van der Waals surface area contributed by atoms with Crippen LogP contribution in [0.1, 0.15) is 92.0 Å². The first-order chi connectivity index (χ1) is 16.5. The Hall–Kier alpha value is -2.48. The highest BCUT2D eigenvalue weighted by Crippen LogP contribution is 2.38. The van der Waals surface area contributed by atoms with Crippen LogP contribution in [0.3, 0.4) is 0 Å². The molecule has 0 amide bonds. The van der Waals surface area contributed by atoms with Gasteiger partial charge in [0.2, 0.25) is 0 Å². The molecule has 1 fully saturated rings. The Labute approximate surface area is 204 Å². The Morgan fingerprint density at radius 1 is 0.794 bits per heavy atom. The van der Waals surface area contributed by atoms with E-state index in [4.69, 9.17) is 0 Å². The van der Waals surface area contributed by atoms with Crippen LogP contribution in [0.2, 0.25) is 0 Å². The topological polar surface area (TPSA) is 0 Å². The average molecular weight is 461 g/mol. The Kier molecular flexibility index (Phi) is 8.53. The number of halogens is 2. The second-order valence-electron chi connectivity index (χ2n) is 10.3. The van der Waals surface area contributed by atoms with Crippen LogP contribution in [-0.2, 0) is 19.3 Å². The lowest BCUT2D eigenvalue weighted by Crippen LogP contribution is -2.14. The fourth-order valence-corrected chi connectivity index (χ4v) is 5.60. The van der Waals surface area contributed by atoms with Crippen molar-refractivity contribution in [2.24, 2.45) is 5.92 Å². The molecule has 1 aliphatic carbocycles. The molecule has 4 rings (SSSR count). The minimum absolute atomic E-state index is 0.0779. The van der Waals surface area contributed by atoms with Crippen LogP contribution in [0, 0.1) is 17.6 Å². The molecule has 3 aromatic carbocycles. The summed E-state index contributed by atoms with van der Waals surface area (Å²) < 4.78 is 29.7. The molecule has 0 radical (unpaired) electrons. The van der Waals surface area contributed by atoms with Crippen molar-refractivity contribution in [1.82, 2.24) is 0 Å². The van der Waals surface area contributed by atoms with Gasteiger partial charge >= 0.3 is 0 Å². The minimum Gasteiger partial charge on any atom is -0.207 e. The molecule has 1 saturated carbocycles. The van der Waals surface area contributed by atoms with E-state index in [2.05, 4.69) is 31.2 Å². The van der Waals surface area contributed by atoms with Crippen molar-refractivity contribution in [1.29, 1.82) is 0 Å². The summed E-state index contributed by atoms with van der Waals surface area (Å²) in [7, 11) is 0. The lowest BCUT2D eigenvalue weighted by Gasteiger charge is -2.29. The van der Waals surface area contributed by atoms with Crippen molar-refractivity contribution in [3.8, 4) is 0 Å². The maximum Gasteiger partial charge on any atom is 0.129 e. The summed E-state index contributed by atoms with van der Waals surface area (Å²) in [5.74, 6) is 0.599. The molecule has 0 aliphatic heterocycles.